The topological polar surface area (TPSA) is 91.8 Å². The highest BCUT2D eigenvalue weighted by Crippen LogP contribution is 2.32. The molecule has 0 atom stereocenters. The van der Waals surface area contributed by atoms with E-state index in [1.807, 2.05) is 6.07 Å². The molecule has 3 rings (SSSR count). The van der Waals surface area contributed by atoms with E-state index in [1.165, 1.54) is 13.1 Å². The number of amides is 1. The summed E-state index contributed by atoms with van der Waals surface area (Å²) in [5.41, 5.74) is 1.90. The molecule has 1 amide bonds. The second kappa shape index (κ2) is 7.99. The van der Waals surface area contributed by atoms with Crippen LogP contribution in [0.15, 0.2) is 48.7 Å². The van der Waals surface area contributed by atoms with Gasteiger partial charge in [-0.25, -0.2) is 0 Å². The second-order valence-corrected chi connectivity index (χ2v) is 6.09. The fraction of sp³-hybridized carbons (Fsp3) is 0.0588. The lowest BCUT2D eigenvalue weighted by atomic mass is 10.3. The van der Waals surface area contributed by atoms with Crippen molar-refractivity contribution in [3.63, 3.8) is 0 Å². The molecule has 0 saturated heterocycles. The van der Waals surface area contributed by atoms with Crippen LogP contribution in [0.2, 0.25) is 10.0 Å². The maximum atomic E-state index is 11.2. The van der Waals surface area contributed by atoms with Crippen molar-refractivity contribution in [2.24, 2.45) is 0 Å². The molecule has 0 spiro atoms. The van der Waals surface area contributed by atoms with Gasteiger partial charge in [-0.15, -0.1) is 5.10 Å². The third-order valence-corrected chi connectivity index (χ3v) is 3.84. The van der Waals surface area contributed by atoms with E-state index in [2.05, 4.69) is 31.1 Å². The minimum absolute atomic E-state index is 0.150. The van der Waals surface area contributed by atoms with Gasteiger partial charge >= 0.3 is 0 Å². The van der Waals surface area contributed by atoms with Gasteiger partial charge in [0.25, 0.3) is 0 Å². The van der Waals surface area contributed by atoms with Crippen LogP contribution in [-0.2, 0) is 4.79 Å². The highest BCUT2D eigenvalue weighted by molar-refractivity contribution is 6.39. The van der Waals surface area contributed by atoms with E-state index in [0.717, 1.165) is 0 Å². The van der Waals surface area contributed by atoms with E-state index >= 15 is 0 Å². The standard InChI is InChI=1S/C17H14Cl2N6O/c1-10(26)21-11-4-2-5-12(8-11)22-17-24-15(9-20-25-17)23-16-13(18)6-3-7-14(16)19/h2-9H,1H3,(H,21,26)(H2,22,23,24,25). The second-order valence-electron chi connectivity index (χ2n) is 5.27. The van der Waals surface area contributed by atoms with Crippen LogP contribution in [0.1, 0.15) is 6.92 Å². The lowest BCUT2D eigenvalue weighted by molar-refractivity contribution is -0.114. The fourth-order valence-corrected chi connectivity index (χ4v) is 2.66. The van der Waals surface area contributed by atoms with Crippen molar-refractivity contribution in [1.82, 2.24) is 15.2 Å². The van der Waals surface area contributed by atoms with Gasteiger partial charge < -0.3 is 16.0 Å². The molecule has 26 heavy (non-hydrogen) atoms. The van der Waals surface area contributed by atoms with Crippen molar-refractivity contribution in [1.29, 1.82) is 0 Å². The van der Waals surface area contributed by atoms with E-state index in [0.29, 0.717) is 32.9 Å². The molecule has 0 fully saturated rings. The van der Waals surface area contributed by atoms with Crippen LogP contribution >= 0.6 is 23.2 Å². The molecule has 0 saturated carbocycles. The van der Waals surface area contributed by atoms with Crippen LogP contribution in [0.5, 0.6) is 0 Å². The number of carbonyl (C=O) groups excluding carboxylic acids is 1. The average molecular weight is 389 g/mol. The molecule has 7 nitrogen and oxygen atoms in total. The van der Waals surface area contributed by atoms with Gasteiger partial charge in [0, 0.05) is 18.3 Å². The third-order valence-electron chi connectivity index (χ3n) is 3.21. The van der Waals surface area contributed by atoms with E-state index in [-0.39, 0.29) is 11.9 Å². The van der Waals surface area contributed by atoms with Crippen LogP contribution in [0, 0.1) is 0 Å². The zero-order chi connectivity index (χ0) is 18.5. The smallest absolute Gasteiger partial charge is 0.249 e. The number of nitrogens with zero attached hydrogens (tertiary/aromatic N) is 3. The Morgan fingerprint density at radius 3 is 2.42 bits per heavy atom. The Balaban J connectivity index is 1.79. The first-order chi connectivity index (χ1) is 12.5. The van der Waals surface area contributed by atoms with E-state index < -0.39 is 0 Å². The highest BCUT2D eigenvalue weighted by Gasteiger charge is 2.08. The van der Waals surface area contributed by atoms with Crippen molar-refractivity contribution < 1.29 is 4.79 Å². The fourth-order valence-electron chi connectivity index (χ4n) is 2.17. The molecule has 0 radical (unpaired) electrons. The number of benzene rings is 2. The highest BCUT2D eigenvalue weighted by atomic mass is 35.5. The largest absolute Gasteiger partial charge is 0.336 e. The van der Waals surface area contributed by atoms with Crippen LogP contribution < -0.4 is 16.0 Å². The van der Waals surface area contributed by atoms with Crippen LogP contribution in [0.4, 0.5) is 28.8 Å². The minimum Gasteiger partial charge on any atom is -0.336 e. The monoisotopic (exact) mass is 388 g/mol. The van der Waals surface area contributed by atoms with Gasteiger partial charge in [-0.1, -0.05) is 35.3 Å². The molecule has 0 aliphatic rings. The van der Waals surface area contributed by atoms with Crippen molar-refractivity contribution in [3.05, 3.63) is 58.7 Å². The van der Waals surface area contributed by atoms with Gasteiger partial charge in [-0.2, -0.15) is 10.1 Å². The average Bonchev–Trinajstić information content (AvgIpc) is 2.58. The van der Waals surface area contributed by atoms with Gasteiger partial charge in [0.05, 0.1) is 21.9 Å². The molecule has 0 aliphatic carbocycles. The Labute approximate surface area is 159 Å². The number of halogens is 2. The summed E-state index contributed by atoms with van der Waals surface area (Å²) in [6.07, 6.45) is 1.46. The number of para-hydroxylation sites is 1. The summed E-state index contributed by atoms with van der Waals surface area (Å²) in [6, 6.07) is 12.3. The van der Waals surface area contributed by atoms with Crippen molar-refractivity contribution in [2.45, 2.75) is 6.92 Å². The molecule has 0 bridgehead atoms. The van der Waals surface area contributed by atoms with Gasteiger partial charge in [0.1, 0.15) is 0 Å². The summed E-state index contributed by atoms with van der Waals surface area (Å²) in [7, 11) is 0. The summed E-state index contributed by atoms with van der Waals surface area (Å²) in [6.45, 7) is 1.45. The predicted octanol–water partition coefficient (Wildman–Crippen LogP) is 4.62. The molecule has 0 unspecified atom stereocenters. The maximum absolute atomic E-state index is 11.2. The van der Waals surface area contributed by atoms with E-state index in [4.69, 9.17) is 23.2 Å². The quantitative estimate of drug-likeness (QED) is 0.590. The molecule has 0 aliphatic heterocycles. The normalized spacial score (nSPS) is 10.3. The molecule has 3 aromatic rings. The first-order valence-electron chi connectivity index (χ1n) is 7.57. The SMILES string of the molecule is CC(=O)Nc1cccc(Nc2nncc(Nc3c(Cl)cccc3Cl)n2)c1. The van der Waals surface area contributed by atoms with Gasteiger partial charge in [0.15, 0.2) is 5.82 Å². The molecule has 9 heteroatoms. The Kier molecular flexibility index (Phi) is 5.50. The zero-order valence-corrected chi connectivity index (χ0v) is 15.1. The summed E-state index contributed by atoms with van der Waals surface area (Å²) >= 11 is 12.3. The van der Waals surface area contributed by atoms with Crippen molar-refractivity contribution >= 4 is 57.9 Å². The third kappa shape index (κ3) is 4.59. The van der Waals surface area contributed by atoms with Crippen LogP contribution in [0.25, 0.3) is 0 Å². The summed E-state index contributed by atoms with van der Waals surface area (Å²) in [4.78, 5) is 15.5. The van der Waals surface area contributed by atoms with Gasteiger partial charge in [0.2, 0.25) is 11.9 Å². The van der Waals surface area contributed by atoms with Crippen LogP contribution in [-0.4, -0.2) is 21.1 Å². The molecular formula is C17H14Cl2N6O. The molecular weight excluding hydrogens is 375 g/mol. The number of carbonyl (C=O) groups is 1. The number of hydrogen-bond donors (Lipinski definition) is 3. The van der Waals surface area contributed by atoms with E-state index in [9.17, 15) is 4.79 Å². The predicted molar refractivity (Wildman–Crippen MR) is 104 cm³/mol. The summed E-state index contributed by atoms with van der Waals surface area (Å²) < 4.78 is 0. The zero-order valence-electron chi connectivity index (χ0n) is 13.6. The van der Waals surface area contributed by atoms with Gasteiger partial charge in [-0.05, 0) is 30.3 Å². The molecule has 2 aromatic carbocycles. The Bertz CT molecular complexity index is 930. The Morgan fingerprint density at radius 2 is 1.69 bits per heavy atom. The summed E-state index contributed by atoms with van der Waals surface area (Å²) in [5.74, 6) is 0.552. The van der Waals surface area contributed by atoms with Gasteiger partial charge in [-0.3, -0.25) is 4.79 Å². The number of nitrogens with one attached hydrogen (secondary N) is 3. The van der Waals surface area contributed by atoms with Crippen molar-refractivity contribution in [3.8, 4) is 0 Å². The van der Waals surface area contributed by atoms with E-state index in [1.54, 1.807) is 36.4 Å². The molecule has 1 aromatic heterocycles. The maximum Gasteiger partial charge on any atom is 0.249 e. The Hall–Kier alpha value is -2.90. The molecule has 3 N–H and O–H groups in total. The minimum atomic E-state index is -0.150. The number of anilines is 5. The van der Waals surface area contributed by atoms with Crippen molar-refractivity contribution in [2.75, 3.05) is 16.0 Å². The first-order valence-corrected chi connectivity index (χ1v) is 8.32. The molecule has 132 valence electrons. The summed E-state index contributed by atoms with van der Waals surface area (Å²) in [5, 5.41) is 17.6. The number of rotatable bonds is 5. The van der Waals surface area contributed by atoms with Crippen LogP contribution in [0.3, 0.4) is 0 Å². The molecule has 1 heterocycles. The number of hydrogen-bond acceptors (Lipinski definition) is 6. The lowest BCUT2D eigenvalue weighted by Crippen LogP contribution is -2.06. The Morgan fingerprint density at radius 1 is 1.00 bits per heavy atom. The number of aromatic nitrogens is 3. The lowest BCUT2D eigenvalue weighted by Gasteiger charge is -2.11. The first kappa shape index (κ1) is 17.9.